The minimum Gasteiger partial charge on any atom is -0.497 e. The number of pyridine rings is 1. The lowest BCUT2D eigenvalue weighted by atomic mass is 9.74. The lowest BCUT2D eigenvalue weighted by molar-refractivity contribution is -0.118. The summed E-state index contributed by atoms with van der Waals surface area (Å²) in [4.78, 5) is 17.2. The number of ether oxygens (including phenoxy) is 2. The van der Waals surface area contributed by atoms with E-state index in [1.165, 1.54) is 13.2 Å². The van der Waals surface area contributed by atoms with Crippen LogP contribution in [0.4, 0.5) is 11.4 Å². The number of carbonyl (C=O) groups is 1. The van der Waals surface area contributed by atoms with Gasteiger partial charge in [-0.05, 0) is 73.4 Å². The van der Waals surface area contributed by atoms with Crippen molar-refractivity contribution in [3.05, 3.63) is 35.9 Å². The second kappa shape index (κ2) is 8.32. The monoisotopic (exact) mass is 513 g/mol. The van der Waals surface area contributed by atoms with Gasteiger partial charge in [0.1, 0.15) is 5.75 Å². The maximum absolute atomic E-state index is 13.1. The summed E-state index contributed by atoms with van der Waals surface area (Å²) in [5.41, 5.74) is 9.02. The molecule has 36 heavy (non-hydrogen) atoms. The van der Waals surface area contributed by atoms with Crippen LogP contribution >= 0.6 is 0 Å². The Balaban J connectivity index is 1.15. The molecular formula is C25H31N5O5S. The fraction of sp³-hybridized carbons (Fsp3) is 0.520. The Hall–Kier alpha value is -2.89. The number of hydrazine groups is 1. The number of carbonyl (C=O) groups excluding carboxylic acids is 1. The smallest absolute Gasteiger partial charge is 0.238 e. The summed E-state index contributed by atoms with van der Waals surface area (Å²) in [5, 5.41) is 6.51. The molecule has 2 saturated carbocycles. The molecule has 1 saturated heterocycles. The van der Waals surface area contributed by atoms with Crippen LogP contribution in [0.25, 0.3) is 0 Å². The van der Waals surface area contributed by atoms with Crippen molar-refractivity contribution in [2.75, 3.05) is 31.1 Å². The van der Waals surface area contributed by atoms with Crippen molar-refractivity contribution < 1.29 is 22.7 Å². The highest BCUT2D eigenvalue weighted by Gasteiger charge is 2.67. The molecule has 4 aliphatic rings. The Morgan fingerprint density at radius 2 is 1.94 bits per heavy atom. The third-order valence-electron chi connectivity index (χ3n) is 8.46. The first kappa shape index (κ1) is 23.5. The standard InChI is InChI=1S/C25H31N5O5S/c1-34-14-5-7-18-16(11-14)25(24(31)27-18)12-17(25)13-4-6-15-20(10-13)29-30-22(15)26-19-8-9-21(36(3,32)33)28-23(19)35-2/h5,7-9,11,13,15,17,20,22,26,29-30H,4,6,10,12H2,1-3H3,(H,27,31)/t13?,15?,17-,20?,22?,25-/m0/s1. The van der Waals surface area contributed by atoms with Gasteiger partial charge in [0.15, 0.2) is 14.9 Å². The molecule has 1 aromatic carbocycles. The largest absolute Gasteiger partial charge is 0.497 e. The van der Waals surface area contributed by atoms with Gasteiger partial charge in [0.2, 0.25) is 11.8 Å². The van der Waals surface area contributed by atoms with Crippen LogP contribution < -0.4 is 31.0 Å². The molecule has 0 radical (unpaired) electrons. The summed E-state index contributed by atoms with van der Waals surface area (Å²) in [5.74, 6) is 2.26. The molecule has 2 aromatic rings. The van der Waals surface area contributed by atoms with Crippen LogP contribution in [0.5, 0.6) is 11.6 Å². The van der Waals surface area contributed by atoms with E-state index in [-0.39, 0.29) is 29.0 Å². The van der Waals surface area contributed by atoms with Gasteiger partial charge in [0, 0.05) is 23.9 Å². The van der Waals surface area contributed by atoms with Crippen molar-refractivity contribution in [2.24, 2.45) is 17.8 Å². The highest BCUT2D eigenvalue weighted by atomic mass is 32.2. The van der Waals surface area contributed by atoms with Crippen LogP contribution in [-0.4, -0.2) is 52.0 Å². The number of sulfone groups is 1. The van der Waals surface area contributed by atoms with Crippen LogP contribution in [0.2, 0.25) is 0 Å². The molecule has 0 bridgehead atoms. The molecular weight excluding hydrogens is 482 g/mol. The maximum atomic E-state index is 13.1. The topological polar surface area (TPSA) is 131 Å². The van der Waals surface area contributed by atoms with E-state index in [1.54, 1.807) is 13.2 Å². The predicted octanol–water partition coefficient (Wildman–Crippen LogP) is 2.04. The molecule has 6 atom stereocenters. The minimum absolute atomic E-state index is 0.0192. The third kappa shape index (κ3) is 3.63. The summed E-state index contributed by atoms with van der Waals surface area (Å²) < 4.78 is 34.5. The molecule has 2 aliphatic carbocycles. The second-order valence-electron chi connectivity index (χ2n) is 10.4. The number of amides is 1. The maximum Gasteiger partial charge on any atom is 0.238 e. The zero-order valence-corrected chi connectivity index (χ0v) is 21.3. The molecule has 1 spiro atoms. The number of methoxy groups -OCH3 is 2. The van der Waals surface area contributed by atoms with Gasteiger partial charge in [0.05, 0.1) is 31.5 Å². The van der Waals surface area contributed by atoms with Gasteiger partial charge in [-0.1, -0.05) is 0 Å². The van der Waals surface area contributed by atoms with E-state index in [2.05, 4.69) is 26.5 Å². The molecule has 3 heterocycles. The third-order valence-corrected chi connectivity index (χ3v) is 9.45. The Morgan fingerprint density at radius 3 is 2.69 bits per heavy atom. The second-order valence-corrected chi connectivity index (χ2v) is 12.3. The molecule has 11 heteroatoms. The van der Waals surface area contributed by atoms with E-state index >= 15 is 0 Å². The Labute approximate surface area is 210 Å². The summed E-state index contributed by atoms with van der Waals surface area (Å²) in [6.45, 7) is 0. The number of fused-ring (bicyclic) bond motifs is 3. The Bertz CT molecular complexity index is 1330. The Morgan fingerprint density at radius 1 is 1.11 bits per heavy atom. The number of anilines is 2. The van der Waals surface area contributed by atoms with E-state index in [0.29, 0.717) is 23.4 Å². The number of benzene rings is 1. The average Bonchev–Trinajstić information content (AvgIpc) is 3.42. The van der Waals surface area contributed by atoms with Crippen molar-refractivity contribution in [3.8, 4) is 11.6 Å². The highest BCUT2D eigenvalue weighted by Crippen LogP contribution is 2.65. The van der Waals surface area contributed by atoms with Crippen molar-refractivity contribution in [2.45, 2.75) is 48.3 Å². The zero-order chi connectivity index (χ0) is 25.2. The van der Waals surface area contributed by atoms with Crippen molar-refractivity contribution in [1.29, 1.82) is 0 Å². The molecule has 4 N–H and O–H groups in total. The lowest BCUT2D eigenvalue weighted by Gasteiger charge is -2.34. The van der Waals surface area contributed by atoms with Gasteiger partial charge in [-0.15, -0.1) is 0 Å². The molecule has 192 valence electrons. The van der Waals surface area contributed by atoms with Crippen LogP contribution in [0, 0.1) is 17.8 Å². The number of nitrogens with zero attached hydrogens (tertiary/aromatic N) is 1. The van der Waals surface area contributed by atoms with E-state index in [4.69, 9.17) is 9.47 Å². The summed E-state index contributed by atoms with van der Waals surface area (Å²) >= 11 is 0. The van der Waals surface area contributed by atoms with Crippen molar-refractivity contribution >= 4 is 27.1 Å². The van der Waals surface area contributed by atoms with Crippen LogP contribution in [-0.2, 0) is 20.0 Å². The van der Waals surface area contributed by atoms with E-state index < -0.39 is 15.3 Å². The molecule has 1 amide bonds. The van der Waals surface area contributed by atoms with Gasteiger partial charge >= 0.3 is 0 Å². The zero-order valence-electron chi connectivity index (χ0n) is 20.5. The van der Waals surface area contributed by atoms with Gasteiger partial charge in [-0.2, -0.15) is 4.98 Å². The summed E-state index contributed by atoms with van der Waals surface area (Å²) in [6, 6.07) is 9.30. The molecule has 1 aromatic heterocycles. The number of aromatic nitrogens is 1. The van der Waals surface area contributed by atoms with Crippen molar-refractivity contribution in [3.63, 3.8) is 0 Å². The molecule has 10 nitrogen and oxygen atoms in total. The average molecular weight is 514 g/mol. The number of rotatable bonds is 6. The minimum atomic E-state index is -3.43. The first-order valence-corrected chi connectivity index (χ1v) is 14.2. The predicted molar refractivity (Wildman–Crippen MR) is 134 cm³/mol. The summed E-state index contributed by atoms with van der Waals surface area (Å²) in [6.07, 6.45) is 4.99. The number of nitrogens with one attached hydrogen (secondary N) is 4. The lowest BCUT2D eigenvalue weighted by Crippen LogP contribution is -2.39. The number of hydrogen-bond donors (Lipinski definition) is 4. The van der Waals surface area contributed by atoms with Gasteiger partial charge < -0.3 is 20.1 Å². The quantitative estimate of drug-likeness (QED) is 0.458. The summed E-state index contributed by atoms with van der Waals surface area (Å²) in [7, 11) is -0.295. The van der Waals surface area contributed by atoms with Gasteiger partial charge in [-0.3, -0.25) is 10.2 Å². The van der Waals surface area contributed by atoms with Crippen LogP contribution in [0.1, 0.15) is 31.2 Å². The number of hydrogen-bond acceptors (Lipinski definition) is 9. The van der Waals surface area contributed by atoms with E-state index in [1.807, 2.05) is 18.2 Å². The fourth-order valence-electron chi connectivity index (χ4n) is 6.58. The molecule has 3 fully saturated rings. The van der Waals surface area contributed by atoms with E-state index in [0.717, 1.165) is 48.9 Å². The Kier molecular flexibility index (Phi) is 5.43. The molecule has 6 rings (SSSR count). The van der Waals surface area contributed by atoms with Gasteiger partial charge in [-0.25, -0.2) is 13.8 Å². The van der Waals surface area contributed by atoms with Gasteiger partial charge in [0.25, 0.3) is 0 Å². The van der Waals surface area contributed by atoms with Crippen LogP contribution in [0.15, 0.2) is 35.4 Å². The first-order chi connectivity index (χ1) is 17.2. The molecule has 4 unspecified atom stereocenters. The van der Waals surface area contributed by atoms with Crippen molar-refractivity contribution in [1.82, 2.24) is 15.8 Å². The van der Waals surface area contributed by atoms with Crippen LogP contribution in [0.3, 0.4) is 0 Å². The van der Waals surface area contributed by atoms with E-state index in [9.17, 15) is 13.2 Å². The first-order valence-electron chi connectivity index (χ1n) is 12.3. The SMILES string of the molecule is COc1ccc2c(c1)[C@]1(C[C@H]1C1CCC3C(C1)NNC3Nc1ccc(S(C)(=O)=O)nc1OC)C(=O)N2. The highest BCUT2D eigenvalue weighted by molar-refractivity contribution is 7.90. The fourth-order valence-corrected chi connectivity index (χ4v) is 7.14. The normalized spacial score (nSPS) is 32.5. The molecule has 2 aliphatic heterocycles.